The first-order valence-electron chi connectivity index (χ1n) is 4.40. The van der Waals surface area contributed by atoms with Gasteiger partial charge < -0.3 is 9.84 Å². The molecule has 5 nitrogen and oxygen atoms in total. The van der Waals surface area contributed by atoms with E-state index in [-0.39, 0.29) is 11.3 Å². The quantitative estimate of drug-likeness (QED) is 0.755. The van der Waals surface area contributed by atoms with Crippen LogP contribution in [0.2, 0.25) is 0 Å². The SMILES string of the molecule is CCc1cnc(C(=O)OC)c(C(=O)O)c1. The predicted molar refractivity (Wildman–Crippen MR) is 51.9 cm³/mol. The second-order valence-electron chi connectivity index (χ2n) is 2.89. The number of hydrogen-bond acceptors (Lipinski definition) is 4. The fourth-order valence-electron chi connectivity index (χ4n) is 1.12. The molecule has 1 aromatic heterocycles. The van der Waals surface area contributed by atoms with Crippen LogP contribution in [-0.4, -0.2) is 29.1 Å². The summed E-state index contributed by atoms with van der Waals surface area (Å²) in [6, 6.07) is 1.43. The zero-order chi connectivity index (χ0) is 11.4. The first kappa shape index (κ1) is 11.2. The molecule has 5 heteroatoms. The first-order chi connectivity index (χ1) is 7.10. The Labute approximate surface area is 86.7 Å². The van der Waals surface area contributed by atoms with Crippen molar-refractivity contribution >= 4 is 11.9 Å². The number of carboxylic acid groups (broad SMARTS) is 1. The summed E-state index contributed by atoms with van der Waals surface area (Å²) < 4.78 is 4.44. The molecule has 0 aliphatic carbocycles. The number of aryl methyl sites for hydroxylation is 1. The lowest BCUT2D eigenvalue weighted by Crippen LogP contribution is -2.13. The van der Waals surface area contributed by atoms with Gasteiger partial charge in [-0.3, -0.25) is 0 Å². The number of aromatic carboxylic acids is 1. The van der Waals surface area contributed by atoms with Gasteiger partial charge >= 0.3 is 11.9 Å². The third kappa shape index (κ3) is 2.31. The molecule has 0 aromatic carbocycles. The average molecular weight is 209 g/mol. The fourth-order valence-corrected chi connectivity index (χ4v) is 1.12. The monoisotopic (exact) mass is 209 g/mol. The number of methoxy groups -OCH3 is 1. The van der Waals surface area contributed by atoms with Gasteiger partial charge in [0.2, 0.25) is 0 Å². The van der Waals surface area contributed by atoms with Crippen molar-refractivity contribution in [1.29, 1.82) is 0 Å². The number of rotatable bonds is 3. The van der Waals surface area contributed by atoms with E-state index in [0.717, 1.165) is 5.56 Å². The average Bonchev–Trinajstić information content (AvgIpc) is 2.27. The van der Waals surface area contributed by atoms with E-state index in [1.807, 2.05) is 6.92 Å². The van der Waals surface area contributed by atoms with Crippen molar-refractivity contribution in [2.75, 3.05) is 7.11 Å². The highest BCUT2D eigenvalue weighted by atomic mass is 16.5. The molecule has 0 bridgehead atoms. The van der Waals surface area contributed by atoms with Gasteiger partial charge in [-0.15, -0.1) is 0 Å². The highest BCUT2D eigenvalue weighted by molar-refractivity contribution is 6.00. The molecule has 0 saturated heterocycles. The molecule has 1 N–H and O–H groups in total. The Bertz CT molecular complexity index is 400. The number of pyridine rings is 1. The van der Waals surface area contributed by atoms with Crippen LogP contribution in [0.3, 0.4) is 0 Å². The molecule has 0 spiro atoms. The van der Waals surface area contributed by atoms with E-state index < -0.39 is 11.9 Å². The summed E-state index contributed by atoms with van der Waals surface area (Å²) in [7, 11) is 1.18. The molecule has 0 atom stereocenters. The lowest BCUT2D eigenvalue weighted by Gasteiger charge is -2.04. The molecule has 1 aromatic rings. The molecular weight excluding hydrogens is 198 g/mol. The summed E-state index contributed by atoms with van der Waals surface area (Å²) >= 11 is 0. The number of carbonyl (C=O) groups excluding carboxylic acids is 1. The second-order valence-corrected chi connectivity index (χ2v) is 2.89. The van der Waals surface area contributed by atoms with Gasteiger partial charge in [0.25, 0.3) is 0 Å². The number of nitrogens with zero attached hydrogens (tertiary/aromatic N) is 1. The zero-order valence-corrected chi connectivity index (χ0v) is 8.48. The lowest BCUT2D eigenvalue weighted by molar-refractivity contribution is 0.0575. The highest BCUT2D eigenvalue weighted by Crippen LogP contribution is 2.10. The first-order valence-corrected chi connectivity index (χ1v) is 4.40. The van der Waals surface area contributed by atoms with Crippen LogP contribution in [0, 0.1) is 0 Å². The molecule has 1 rings (SSSR count). The smallest absolute Gasteiger partial charge is 0.357 e. The van der Waals surface area contributed by atoms with Crippen LogP contribution >= 0.6 is 0 Å². The van der Waals surface area contributed by atoms with E-state index in [1.165, 1.54) is 19.4 Å². The van der Waals surface area contributed by atoms with Gasteiger partial charge in [0.15, 0.2) is 5.69 Å². The van der Waals surface area contributed by atoms with Crippen LogP contribution in [0.25, 0.3) is 0 Å². The van der Waals surface area contributed by atoms with Crippen LogP contribution in [0.1, 0.15) is 33.3 Å². The molecule has 0 aliphatic rings. The summed E-state index contributed by atoms with van der Waals surface area (Å²) in [6.07, 6.45) is 2.13. The molecule has 0 unspecified atom stereocenters. The third-order valence-corrected chi connectivity index (χ3v) is 1.96. The van der Waals surface area contributed by atoms with Gasteiger partial charge in [-0.25, -0.2) is 14.6 Å². The molecule has 0 radical (unpaired) electrons. The van der Waals surface area contributed by atoms with E-state index in [9.17, 15) is 9.59 Å². The highest BCUT2D eigenvalue weighted by Gasteiger charge is 2.18. The van der Waals surface area contributed by atoms with Crippen molar-refractivity contribution in [3.8, 4) is 0 Å². The van der Waals surface area contributed by atoms with Crippen LogP contribution < -0.4 is 0 Å². The number of aromatic nitrogens is 1. The van der Waals surface area contributed by atoms with Crippen molar-refractivity contribution in [3.63, 3.8) is 0 Å². The van der Waals surface area contributed by atoms with Gasteiger partial charge in [-0.05, 0) is 18.1 Å². The van der Waals surface area contributed by atoms with Crippen molar-refractivity contribution in [2.24, 2.45) is 0 Å². The Hall–Kier alpha value is -1.91. The zero-order valence-electron chi connectivity index (χ0n) is 8.48. The molecule has 0 saturated carbocycles. The summed E-state index contributed by atoms with van der Waals surface area (Å²) in [4.78, 5) is 25.8. The molecule has 0 fully saturated rings. The van der Waals surface area contributed by atoms with Gasteiger partial charge in [-0.2, -0.15) is 0 Å². The minimum atomic E-state index is -1.18. The standard InChI is InChI=1S/C10H11NO4/c1-3-6-4-7(9(12)13)8(11-5-6)10(14)15-2/h4-5H,3H2,1-2H3,(H,12,13). The summed E-state index contributed by atoms with van der Waals surface area (Å²) in [5.74, 6) is -1.92. The molecule has 80 valence electrons. The maximum atomic E-state index is 11.2. The van der Waals surface area contributed by atoms with E-state index in [0.29, 0.717) is 6.42 Å². The van der Waals surface area contributed by atoms with Gasteiger partial charge in [-0.1, -0.05) is 6.92 Å². The topological polar surface area (TPSA) is 76.5 Å². The summed E-state index contributed by atoms with van der Waals surface area (Å²) in [5.41, 5.74) is 0.475. The minimum Gasteiger partial charge on any atom is -0.478 e. The Morgan fingerprint density at radius 1 is 1.53 bits per heavy atom. The Balaban J connectivity index is 3.27. The van der Waals surface area contributed by atoms with E-state index >= 15 is 0 Å². The van der Waals surface area contributed by atoms with Crippen molar-refractivity contribution in [2.45, 2.75) is 13.3 Å². The Kier molecular flexibility index (Phi) is 3.38. The second kappa shape index (κ2) is 4.54. The van der Waals surface area contributed by atoms with Crippen molar-refractivity contribution in [3.05, 3.63) is 29.1 Å². The molecule has 15 heavy (non-hydrogen) atoms. The third-order valence-electron chi connectivity index (χ3n) is 1.96. The number of ether oxygens (including phenoxy) is 1. The van der Waals surface area contributed by atoms with E-state index in [4.69, 9.17) is 5.11 Å². The Morgan fingerprint density at radius 2 is 2.20 bits per heavy atom. The number of carboxylic acids is 1. The van der Waals surface area contributed by atoms with Crippen LogP contribution in [0.15, 0.2) is 12.3 Å². The molecular formula is C10H11NO4. The maximum absolute atomic E-state index is 11.2. The maximum Gasteiger partial charge on any atom is 0.357 e. The summed E-state index contributed by atoms with van der Waals surface area (Å²) in [6.45, 7) is 1.88. The number of esters is 1. The van der Waals surface area contributed by atoms with Gasteiger partial charge in [0, 0.05) is 6.20 Å². The van der Waals surface area contributed by atoms with Crippen LogP contribution in [0.5, 0.6) is 0 Å². The van der Waals surface area contributed by atoms with Crippen molar-refractivity contribution < 1.29 is 19.4 Å². The van der Waals surface area contributed by atoms with Crippen LogP contribution in [-0.2, 0) is 11.2 Å². The number of carbonyl (C=O) groups is 2. The predicted octanol–water partition coefficient (Wildman–Crippen LogP) is 1.13. The Morgan fingerprint density at radius 3 is 2.67 bits per heavy atom. The normalized spacial score (nSPS) is 9.73. The lowest BCUT2D eigenvalue weighted by atomic mass is 10.1. The molecule has 0 aliphatic heterocycles. The molecule has 1 heterocycles. The molecule has 0 amide bonds. The summed E-state index contributed by atoms with van der Waals surface area (Å²) in [5, 5.41) is 8.88. The van der Waals surface area contributed by atoms with Gasteiger partial charge in [0.05, 0.1) is 12.7 Å². The minimum absolute atomic E-state index is 0.124. The van der Waals surface area contributed by atoms with Crippen LogP contribution in [0.4, 0.5) is 0 Å². The van der Waals surface area contributed by atoms with Crippen molar-refractivity contribution in [1.82, 2.24) is 4.98 Å². The number of hydrogen-bond donors (Lipinski definition) is 1. The van der Waals surface area contributed by atoms with E-state index in [2.05, 4.69) is 9.72 Å². The van der Waals surface area contributed by atoms with E-state index in [1.54, 1.807) is 0 Å². The van der Waals surface area contributed by atoms with Gasteiger partial charge in [0.1, 0.15) is 0 Å². The largest absolute Gasteiger partial charge is 0.478 e. The fraction of sp³-hybridized carbons (Fsp3) is 0.300.